The second-order valence-corrected chi connectivity index (χ2v) is 8.34. The van der Waals surface area contributed by atoms with Crippen LogP contribution in [0.4, 0.5) is 5.69 Å². The molecule has 0 atom stereocenters. The van der Waals surface area contributed by atoms with Gasteiger partial charge in [0.15, 0.2) is 0 Å². The lowest BCUT2D eigenvalue weighted by Crippen LogP contribution is -2.29. The zero-order chi connectivity index (χ0) is 20.8. The van der Waals surface area contributed by atoms with Gasteiger partial charge in [-0.2, -0.15) is 0 Å². The molecule has 6 heteroatoms. The van der Waals surface area contributed by atoms with Crippen molar-refractivity contribution in [3.05, 3.63) is 99.0 Å². The van der Waals surface area contributed by atoms with Gasteiger partial charge in [-0.25, -0.2) is 0 Å². The SMILES string of the molecule is O=C1c2ccc(C(=O)N3CCc4cc(Br)ccc43)cc2C(=O)N1Cc1ccccc1. The molecule has 5 rings (SSSR count). The van der Waals surface area contributed by atoms with Crippen molar-refractivity contribution >= 4 is 39.3 Å². The van der Waals surface area contributed by atoms with Gasteiger partial charge in [0, 0.05) is 22.3 Å². The number of rotatable bonds is 3. The number of fused-ring (bicyclic) bond motifs is 2. The summed E-state index contributed by atoms with van der Waals surface area (Å²) >= 11 is 3.46. The minimum absolute atomic E-state index is 0.166. The van der Waals surface area contributed by atoms with E-state index in [0.717, 1.165) is 27.7 Å². The van der Waals surface area contributed by atoms with Gasteiger partial charge in [-0.15, -0.1) is 0 Å². The molecular weight excluding hydrogens is 444 g/mol. The number of halogens is 1. The summed E-state index contributed by atoms with van der Waals surface area (Å²) < 4.78 is 0.982. The fourth-order valence-electron chi connectivity index (χ4n) is 4.07. The summed E-state index contributed by atoms with van der Waals surface area (Å²) in [6.45, 7) is 0.805. The topological polar surface area (TPSA) is 57.7 Å². The molecule has 3 aromatic carbocycles. The van der Waals surface area contributed by atoms with Crippen LogP contribution in [0.3, 0.4) is 0 Å². The first-order chi connectivity index (χ1) is 14.5. The summed E-state index contributed by atoms with van der Waals surface area (Å²) in [5.74, 6) is -0.853. The van der Waals surface area contributed by atoms with Gasteiger partial charge in [-0.1, -0.05) is 46.3 Å². The van der Waals surface area contributed by atoms with Crippen LogP contribution in [0.5, 0.6) is 0 Å². The van der Waals surface area contributed by atoms with Gasteiger partial charge in [0.1, 0.15) is 0 Å². The highest BCUT2D eigenvalue weighted by molar-refractivity contribution is 9.10. The van der Waals surface area contributed by atoms with E-state index in [0.29, 0.717) is 17.7 Å². The molecule has 3 aromatic rings. The molecule has 30 heavy (non-hydrogen) atoms. The average molecular weight is 461 g/mol. The molecule has 2 aliphatic rings. The van der Waals surface area contributed by atoms with E-state index in [-0.39, 0.29) is 29.8 Å². The maximum Gasteiger partial charge on any atom is 0.261 e. The first kappa shape index (κ1) is 18.8. The minimum Gasteiger partial charge on any atom is -0.308 e. The van der Waals surface area contributed by atoms with E-state index in [1.54, 1.807) is 23.1 Å². The zero-order valence-corrected chi connectivity index (χ0v) is 17.6. The summed E-state index contributed by atoms with van der Waals surface area (Å²) in [6.07, 6.45) is 0.785. The second kappa shape index (κ2) is 7.22. The molecule has 0 fully saturated rings. The Labute approximate surface area is 182 Å². The molecule has 0 bridgehead atoms. The van der Waals surface area contributed by atoms with Crippen molar-refractivity contribution in [3.8, 4) is 0 Å². The molecule has 0 saturated carbocycles. The van der Waals surface area contributed by atoms with Crippen LogP contribution in [-0.2, 0) is 13.0 Å². The van der Waals surface area contributed by atoms with E-state index < -0.39 is 0 Å². The van der Waals surface area contributed by atoms with Crippen LogP contribution in [0.2, 0.25) is 0 Å². The van der Waals surface area contributed by atoms with E-state index in [2.05, 4.69) is 15.9 Å². The molecule has 0 N–H and O–H groups in total. The monoisotopic (exact) mass is 460 g/mol. The Morgan fingerprint density at radius 3 is 2.47 bits per heavy atom. The molecule has 2 heterocycles. The van der Waals surface area contributed by atoms with Gasteiger partial charge in [0.2, 0.25) is 0 Å². The summed E-state index contributed by atoms with van der Waals surface area (Å²) in [7, 11) is 0. The highest BCUT2D eigenvalue weighted by atomic mass is 79.9. The van der Waals surface area contributed by atoms with Crippen LogP contribution >= 0.6 is 15.9 Å². The Balaban J connectivity index is 1.43. The fourth-order valence-corrected chi connectivity index (χ4v) is 4.48. The van der Waals surface area contributed by atoms with Crippen molar-refractivity contribution < 1.29 is 14.4 Å². The average Bonchev–Trinajstić information content (AvgIpc) is 3.28. The molecule has 0 saturated heterocycles. The van der Waals surface area contributed by atoms with Gasteiger partial charge >= 0.3 is 0 Å². The highest BCUT2D eigenvalue weighted by Gasteiger charge is 2.36. The van der Waals surface area contributed by atoms with Gasteiger partial charge in [0.25, 0.3) is 17.7 Å². The molecule has 5 nitrogen and oxygen atoms in total. The van der Waals surface area contributed by atoms with Crippen LogP contribution in [0.25, 0.3) is 0 Å². The van der Waals surface area contributed by atoms with Gasteiger partial charge in [0.05, 0.1) is 17.7 Å². The van der Waals surface area contributed by atoms with Crippen molar-refractivity contribution in [2.45, 2.75) is 13.0 Å². The third kappa shape index (κ3) is 3.04. The molecule has 0 spiro atoms. The van der Waals surface area contributed by atoms with E-state index in [1.807, 2.05) is 48.5 Å². The predicted molar refractivity (Wildman–Crippen MR) is 117 cm³/mol. The number of hydrogen-bond donors (Lipinski definition) is 0. The zero-order valence-electron chi connectivity index (χ0n) is 16.0. The number of benzene rings is 3. The molecule has 0 radical (unpaired) electrons. The van der Waals surface area contributed by atoms with Crippen molar-refractivity contribution in [3.63, 3.8) is 0 Å². The molecule has 148 valence electrons. The first-order valence-corrected chi connectivity index (χ1v) is 10.5. The number of carbonyl (C=O) groups excluding carboxylic acids is 3. The maximum atomic E-state index is 13.2. The van der Waals surface area contributed by atoms with Crippen molar-refractivity contribution in [1.29, 1.82) is 0 Å². The smallest absolute Gasteiger partial charge is 0.261 e. The molecular formula is C24H17BrN2O3. The maximum absolute atomic E-state index is 13.2. The third-order valence-electron chi connectivity index (χ3n) is 5.58. The van der Waals surface area contributed by atoms with Gasteiger partial charge in [-0.05, 0) is 53.9 Å². The lowest BCUT2D eigenvalue weighted by atomic mass is 10.0. The number of anilines is 1. The number of imide groups is 1. The van der Waals surface area contributed by atoms with Gasteiger partial charge < -0.3 is 4.90 Å². The van der Waals surface area contributed by atoms with Crippen molar-refractivity contribution in [2.75, 3.05) is 11.4 Å². The molecule has 3 amide bonds. The number of carbonyl (C=O) groups is 3. The van der Waals surface area contributed by atoms with E-state index in [1.165, 1.54) is 4.90 Å². The molecule has 0 aromatic heterocycles. The Morgan fingerprint density at radius 1 is 0.900 bits per heavy atom. The Hall–Kier alpha value is -3.25. The first-order valence-electron chi connectivity index (χ1n) is 9.67. The molecule has 0 unspecified atom stereocenters. The Bertz CT molecular complexity index is 1210. The van der Waals surface area contributed by atoms with E-state index in [9.17, 15) is 14.4 Å². The summed E-state index contributed by atoms with van der Waals surface area (Å²) in [5.41, 5.74) is 3.92. The highest BCUT2D eigenvalue weighted by Crippen LogP contribution is 2.32. The van der Waals surface area contributed by atoms with Crippen LogP contribution in [0.15, 0.2) is 71.2 Å². The van der Waals surface area contributed by atoms with E-state index in [4.69, 9.17) is 0 Å². The third-order valence-corrected chi connectivity index (χ3v) is 6.08. The van der Waals surface area contributed by atoms with Crippen LogP contribution in [0.1, 0.15) is 42.2 Å². The molecule has 2 aliphatic heterocycles. The van der Waals surface area contributed by atoms with Crippen LogP contribution in [0, 0.1) is 0 Å². The molecule has 0 aliphatic carbocycles. The lowest BCUT2D eigenvalue weighted by Gasteiger charge is -2.17. The number of amides is 3. The lowest BCUT2D eigenvalue weighted by molar-refractivity contribution is 0.0642. The summed E-state index contributed by atoms with van der Waals surface area (Å²) in [4.78, 5) is 41.8. The van der Waals surface area contributed by atoms with Crippen molar-refractivity contribution in [1.82, 2.24) is 4.90 Å². The number of nitrogens with zero attached hydrogens (tertiary/aromatic N) is 2. The number of hydrogen-bond acceptors (Lipinski definition) is 3. The summed E-state index contributed by atoms with van der Waals surface area (Å²) in [5, 5.41) is 0. The fraction of sp³-hybridized carbons (Fsp3) is 0.125. The largest absolute Gasteiger partial charge is 0.308 e. The predicted octanol–water partition coefficient (Wildman–Crippen LogP) is 4.45. The minimum atomic E-state index is -0.362. The van der Waals surface area contributed by atoms with E-state index >= 15 is 0 Å². The van der Waals surface area contributed by atoms with Crippen LogP contribution < -0.4 is 4.90 Å². The second-order valence-electron chi connectivity index (χ2n) is 7.42. The van der Waals surface area contributed by atoms with Gasteiger partial charge in [-0.3, -0.25) is 19.3 Å². The van der Waals surface area contributed by atoms with Crippen molar-refractivity contribution in [2.24, 2.45) is 0 Å². The van der Waals surface area contributed by atoms with Crippen LogP contribution in [-0.4, -0.2) is 29.2 Å². The Kier molecular flexibility index (Phi) is 4.51. The summed E-state index contributed by atoms with van der Waals surface area (Å²) in [6, 6.07) is 20.0. The Morgan fingerprint density at radius 2 is 1.67 bits per heavy atom. The normalized spacial score (nSPS) is 14.8. The quantitative estimate of drug-likeness (QED) is 0.542. The standard InChI is InChI=1S/C24H17BrN2O3/c25-18-7-9-21-16(12-18)10-11-26(21)22(28)17-6-8-19-20(13-17)24(30)27(23(19)29)14-15-4-2-1-3-5-15/h1-9,12-13H,10-11,14H2.